The van der Waals surface area contributed by atoms with Gasteiger partial charge >= 0.3 is 6.03 Å². The van der Waals surface area contributed by atoms with E-state index < -0.39 is 0 Å². The minimum atomic E-state index is -0.321. The van der Waals surface area contributed by atoms with Gasteiger partial charge in [-0.3, -0.25) is 5.32 Å². The number of rotatable bonds is 4. The molecule has 4 rings (SSSR count). The van der Waals surface area contributed by atoms with Crippen LogP contribution < -0.4 is 10.6 Å². The zero-order valence-electron chi connectivity index (χ0n) is 14.5. The average Bonchev–Trinajstić information content (AvgIpc) is 3.14. The number of hydrogen-bond acceptors (Lipinski definition) is 2. The molecule has 5 heteroatoms. The topological polar surface area (TPSA) is 59.0 Å². The molecule has 0 radical (unpaired) electrons. The van der Waals surface area contributed by atoms with Crippen molar-refractivity contribution in [3.05, 3.63) is 97.1 Å². The molecule has 0 aliphatic carbocycles. The quantitative estimate of drug-likeness (QED) is 0.530. The van der Waals surface area contributed by atoms with Gasteiger partial charge in [-0.2, -0.15) is 5.10 Å². The molecule has 1 heterocycles. The highest BCUT2D eigenvalue weighted by Gasteiger charge is 2.13. The van der Waals surface area contributed by atoms with Crippen molar-refractivity contribution in [1.29, 1.82) is 0 Å². The molecule has 0 atom stereocenters. The summed E-state index contributed by atoms with van der Waals surface area (Å²) in [5.41, 5.74) is 3.37. The van der Waals surface area contributed by atoms with Crippen molar-refractivity contribution in [3.8, 4) is 16.9 Å². The second kappa shape index (κ2) is 7.58. The zero-order chi connectivity index (χ0) is 18.5. The number of nitrogens with one attached hydrogen (secondary N) is 2. The lowest BCUT2D eigenvalue weighted by Gasteiger charge is -2.10. The summed E-state index contributed by atoms with van der Waals surface area (Å²) in [6.45, 7) is 0. The van der Waals surface area contributed by atoms with Crippen molar-refractivity contribution < 1.29 is 4.79 Å². The normalized spacial score (nSPS) is 10.4. The van der Waals surface area contributed by atoms with Crippen LogP contribution in [0.2, 0.25) is 0 Å². The van der Waals surface area contributed by atoms with Crippen LogP contribution in [0.4, 0.5) is 16.3 Å². The first-order chi connectivity index (χ1) is 13.3. The molecule has 4 aromatic rings. The highest BCUT2D eigenvalue weighted by molar-refractivity contribution is 5.99. The summed E-state index contributed by atoms with van der Waals surface area (Å²) in [6.07, 6.45) is 0. The Hall–Kier alpha value is -3.86. The largest absolute Gasteiger partial charge is 0.324 e. The molecular formula is C22H18N4O. The fourth-order valence-electron chi connectivity index (χ4n) is 2.79. The Kier molecular flexibility index (Phi) is 4.66. The molecule has 2 N–H and O–H groups in total. The van der Waals surface area contributed by atoms with Gasteiger partial charge in [-0.25, -0.2) is 9.48 Å². The van der Waals surface area contributed by atoms with E-state index in [0.29, 0.717) is 5.82 Å². The summed E-state index contributed by atoms with van der Waals surface area (Å²) < 4.78 is 1.73. The van der Waals surface area contributed by atoms with Crippen molar-refractivity contribution in [2.75, 3.05) is 10.6 Å². The summed E-state index contributed by atoms with van der Waals surface area (Å²) in [4.78, 5) is 12.4. The predicted octanol–water partition coefficient (Wildman–Crippen LogP) is 5.18. The molecule has 0 unspecified atom stereocenters. The first-order valence-corrected chi connectivity index (χ1v) is 8.63. The second-order valence-electron chi connectivity index (χ2n) is 5.97. The Balaban J connectivity index is 1.66. The lowest BCUT2D eigenvalue weighted by atomic mass is 10.2. The van der Waals surface area contributed by atoms with Gasteiger partial charge in [0.2, 0.25) is 0 Å². The second-order valence-corrected chi connectivity index (χ2v) is 5.97. The van der Waals surface area contributed by atoms with Crippen LogP contribution in [0.25, 0.3) is 16.9 Å². The summed E-state index contributed by atoms with van der Waals surface area (Å²) in [7, 11) is 0. The summed E-state index contributed by atoms with van der Waals surface area (Å²) in [5.74, 6) is 0.591. The van der Waals surface area contributed by atoms with Crippen LogP contribution in [0.5, 0.6) is 0 Å². The number of benzene rings is 3. The highest BCUT2D eigenvalue weighted by Crippen LogP contribution is 2.24. The van der Waals surface area contributed by atoms with Crippen LogP contribution in [0.1, 0.15) is 0 Å². The van der Waals surface area contributed by atoms with E-state index in [2.05, 4.69) is 15.7 Å². The first-order valence-electron chi connectivity index (χ1n) is 8.63. The fraction of sp³-hybridized carbons (Fsp3) is 0. The lowest BCUT2D eigenvalue weighted by Crippen LogP contribution is -2.21. The molecule has 132 valence electrons. The van der Waals surface area contributed by atoms with Gasteiger partial charge in [0.05, 0.1) is 11.4 Å². The monoisotopic (exact) mass is 354 g/mol. The molecule has 3 aromatic carbocycles. The van der Waals surface area contributed by atoms with Crippen LogP contribution in [0, 0.1) is 0 Å². The molecular weight excluding hydrogens is 336 g/mol. The lowest BCUT2D eigenvalue weighted by molar-refractivity contribution is 0.262. The molecule has 0 bridgehead atoms. The van der Waals surface area contributed by atoms with Gasteiger partial charge in [-0.15, -0.1) is 0 Å². The highest BCUT2D eigenvalue weighted by atomic mass is 16.2. The number of hydrogen-bond donors (Lipinski definition) is 2. The standard InChI is InChI=1S/C22H18N4O/c27-22(23-18-12-6-2-7-13-18)24-21-16-20(17-10-4-1-5-11-17)25-26(21)19-14-8-3-9-15-19/h1-16H,(H2,23,24,27). The van der Waals surface area contributed by atoms with E-state index in [9.17, 15) is 4.79 Å². The van der Waals surface area contributed by atoms with E-state index in [4.69, 9.17) is 0 Å². The fourth-order valence-corrected chi connectivity index (χ4v) is 2.79. The molecule has 2 amide bonds. The molecule has 1 aromatic heterocycles. The van der Waals surface area contributed by atoms with Gasteiger partial charge in [0, 0.05) is 17.3 Å². The Labute approximate surface area is 157 Å². The molecule has 0 aliphatic heterocycles. The van der Waals surface area contributed by atoms with Crippen LogP contribution in [0.15, 0.2) is 97.1 Å². The minimum absolute atomic E-state index is 0.321. The minimum Gasteiger partial charge on any atom is -0.308 e. The van der Waals surface area contributed by atoms with E-state index >= 15 is 0 Å². The number of aromatic nitrogens is 2. The predicted molar refractivity (Wildman–Crippen MR) is 108 cm³/mol. The van der Waals surface area contributed by atoms with Gasteiger partial charge in [0.1, 0.15) is 5.82 Å². The van der Waals surface area contributed by atoms with Crippen molar-refractivity contribution in [3.63, 3.8) is 0 Å². The number of amides is 2. The third-order valence-electron chi connectivity index (χ3n) is 4.05. The van der Waals surface area contributed by atoms with Gasteiger partial charge in [0.25, 0.3) is 0 Å². The number of para-hydroxylation sites is 2. The van der Waals surface area contributed by atoms with E-state index in [1.165, 1.54) is 0 Å². The van der Waals surface area contributed by atoms with Crippen LogP contribution in [0.3, 0.4) is 0 Å². The van der Waals surface area contributed by atoms with Crippen LogP contribution in [-0.2, 0) is 0 Å². The zero-order valence-corrected chi connectivity index (χ0v) is 14.5. The van der Waals surface area contributed by atoms with Crippen molar-refractivity contribution in [2.24, 2.45) is 0 Å². The number of urea groups is 1. The van der Waals surface area contributed by atoms with Crippen molar-refractivity contribution in [1.82, 2.24) is 9.78 Å². The number of anilines is 2. The maximum absolute atomic E-state index is 12.4. The summed E-state index contributed by atoms with van der Waals surface area (Å²) in [6, 6.07) is 30.5. The Bertz CT molecular complexity index is 1030. The number of carbonyl (C=O) groups is 1. The number of nitrogens with zero attached hydrogens (tertiary/aromatic N) is 2. The van der Waals surface area contributed by atoms with Crippen molar-refractivity contribution in [2.45, 2.75) is 0 Å². The summed E-state index contributed by atoms with van der Waals surface area (Å²) >= 11 is 0. The van der Waals surface area contributed by atoms with Crippen molar-refractivity contribution >= 4 is 17.5 Å². The maximum atomic E-state index is 12.4. The van der Waals surface area contributed by atoms with E-state index in [-0.39, 0.29) is 6.03 Å². The Morgan fingerprint density at radius 1 is 0.741 bits per heavy atom. The van der Waals surface area contributed by atoms with Crippen LogP contribution >= 0.6 is 0 Å². The van der Waals surface area contributed by atoms with Crippen LogP contribution in [-0.4, -0.2) is 15.8 Å². The molecule has 0 saturated heterocycles. The van der Waals surface area contributed by atoms with Gasteiger partial charge in [-0.1, -0.05) is 66.7 Å². The third-order valence-corrected chi connectivity index (χ3v) is 4.05. The molecule has 0 spiro atoms. The molecule has 27 heavy (non-hydrogen) atoms. The Morgan fingerprint density at radius 3 is 2.00 bits per heavy atom. The van der Waals surface area contributed by atoms with E-state index in [1.54, 1.807) is 4.68 Å². The Morgan fingerprint density at radius 2 is 1.33 bits per heavy atom. The molecule has 0 saturated carbocycles. The molecule has 0 fully saturated rings. The SMILES string of the molecule is O=C(Nc1ccccc1)Nc1cc(-c2ccccc2)nn1-c1ccccc1. The smallest absolute Gasteiger partial charge is 0.308 e. The molecule has 0 aliphatic rings. The van der Waals surface area contributed by atoms with E-state index in [1.807, 2.05) is 97.1 Å². The van der Waals surface area contributed by atoms with Gasteiger partial charge < -0.3 is 5.32 Å². The van der Waals surface area contributed by atoms with E-state index in [0.717, 1.165) is 22.6 Å². The number of carbonyl (C=O) groups excluding carboxylic acids is 1. The maximum Gasteiger partial charge on any atom is 0.324 e. The average molecular weight is 354 g/mol. The van der Waals surface area contributed by atoms with Gasteiger partial charge in [0.15, 0.2) is 0 Å². The first kappa shape index (κ1) is 16.6. The van der Waals surface area contributed by atoms with Gasteiger partial charge in [-0.05, 0) is 24.3 Å². The molecule has 5 nitrogen and oxygen atoms in total. The third kappa shape index (κ3) is 3.88. The summed E-state index contributed by atoms with van der Waals surface area (Å²) in [5, 5.41) is 10.4.